The molecule has 6 heteroatoms. The summed E-state index contributed by atoms with van der Waals surface area (Å²) in [6.45, 7) is 1.55. The third-order valence-corrected chi connectivity index (χ3v) is 4.58. The van der Waals surface area contributed by atoms with Crippen molar-refractivity contribution in [3.8, 4) is 0 Å². The molecule has 1 aromatic heterocycles. The lowest BCUT2D eigenvalue weighted by Gasteiger charge is -2.33. The minimum Gasteiger partial charge on any atom is -0.370 e. The number of carbonyl (C=O) groups excluding carboxylic acids is 1. The van der Waals surface area contributed by atoms with Gasteiger partial charge in [-0.15, -0.1) is 0 Å². The molecule has 1 atom stereocenters. The molecule has 25 heavy (non-hydrogen) atoms. The first-order chi connectivity index (χ1) is 12.2. The second kappa shape index (κ2) is 6.78. The Balaban J connectivity index is 1.60. The van der Waals surface area contributed by atoms with Gasteiger partial charge in [0.2, 0.25) is 0 Å². The van der Waals surface area contributed by atoms with Crippen LogP contribution in [-0.2, 0) is 4.74 Å². The molecule has 1 fully saturated rings. The summed E-state index contributed by atoms with van der Waals surface area (Å²) in [5.41, 5.74) is 2.93. The molecule has 2 heterocycles. The zero-order chi connectivity index (χ0) is 17.2. The molecule has 0 unspecified atom stereocenters. The molecule has 1 aliphatic heterocycles. The molecule has 0 aliphatic carbocycles. The van der Waals surface area contributed by atoms with Gasteiger partial charge in [-0.3, -0.25) is 14.8 Å². The van der Waals surface area contributed by atoms with Gasteiger partial charge in [-0.05, 0) is 29.8 Å². The number of halogens is 1. The molecule has 0 saturated carbocycles. The summed E-state index contributed by atoms with van der Waals surface area (Å²) >= 11 is 5.95. The Labute approximate surface area is 150 Å². The van der Waals surface area contributed by atoms with Gasteiger partial charge < -0.3 is 9.64 Å². The highest BCUT2D eigenvalue weighted by molar-refractivity contribution is 6.30. The summed E-state index contributed by atoms with van der Waals surface area (Å²) in [5.74, 6) is -0.0478. The van der Waals surface area contributed by atoms with Gasteiger partial charge in [0.05, 0.1) is 24.2 Å². The number of rotatable bonds is 2. The molecular formula is C19H16ClN3O2. The molecule has 1 saturated heterocycles. The lowest BCUT2D eigenvalue weighted by Crippen LogP contribution is -2.42. The molecule has 1 aliphatic rings. The summed E-state index contributed by atoms with van der Waals surface area (Å²) in [6.07, 6.45) is 3.08. The van der Waals surface area contributed by atoms with Crippen LogP contribution < -0.4 is 0 Å². The van der Waals surface area contributed by atoms with Crippen LogP contribution >= 0.6 is 11.6 Å². The average Bonchev–Trinajstić information content (AvgIpc) is 2.68. The normalized spacial score (nSPS) is 17.6. The van der Waals surface area contributed by atoms with Crippen LogP contribution in [-0.4, -0.2) is 40.5 Å². The van der Waals surface area contributed by atoms with Gasteiger partial charge in [-0.1, -0.05) is 29.8 Å². The Morgan fingerprint density at radius 3 is 2.76 bits per heavy atom. The van der Waals surface area contributed by atoms with Crippen LogP contribution in [0.5, 0.6) is 0 Å². The summed E-state index contributed by atoms with van der Waals surface area (Å²) in [4.78, 5) is 23.4. The van der Waals surface area contributed by atoms with Crippen LogP contribution in [0.2, 0.25) is 5.02 Å². The topological polar surface area (TPSA) is 55.3 Å². The second-order valence-electron chi connectivity index (χ2n) is 5.89. The third-order valence-electron chi connectivity index (χ3n) is 4.32. The predicted molar refractivity (Wildman–Crippen MR) is 95.6 cm³/mol. The van der Waals surface area contributed by atoms with Crippen LogP contribution in [0.4, 0.5) is 0 Å². The Kier molecular flexibility index (Phi) is 4.34. The summed E-state index contributed by atoms with van der Waals surface area (Å²) < 4.78 is 5.84. The van der Waals surface area contributed by atoms with E-state index in [1.165, 1.54) is 0 Å². The summed E-state index contributed by atoms with van der Waals surface area (Å²) in [7, 11) is 0. The van der Waals surface area contributed by atoms with Crippen molar-refractivity contribution in [1.29, 1.82) is 0 Å². The number of para-hydroxylation sites is 1. The van der Waals surface area contributed by atoms with Crippen molar-refractivity contribution < 1.29 is 9.53 Å². The molecule has 3 aromatic rings. The van der Waals surface area contributed by atoms with E-state index in [2.05, 4.69) is 9.97 Å². The minimum absolute atomic E-state index is 0.0478. The fraction of sp³-hybridized carbons (Fsp3) is 0.211. The molecule has 5 nitrogen and oxygen atoms in total. The van der Waals surface area contributed by atoms with Gasteiger partial charge in [0.1, 0.15) is 11.6 Å². The lowest BCUT2D eigenvalue weighted by atomic mass is 10.1. The van der Waals surface area contributed by atoms with E-state index < -0.39 is 0 Å². The molecule has 1 amide bonds. The largest absolute Gasteiger partial charge is 0.370 e. The van der Waals surface area contributed by atoms with Crippen molar-refractivity contribution in [2.45, 2.75) is 6.10 Å². The van der Waals surface area contributed by atoms with Gasteiger partial charge >= 0.3 is 0 Å². The van der Waals surface area contributed by atoms with Crippen molar-refractivity contribution in [2.24, 2.45) is 0 Å². The first kappa shape index (κ1) is 16.0. The Bertz CT molecular complexity index is 909. The number of benzene rings is 2. The quantitative estimate of drug-likeness (QED) is 0.707. The number of ether oxygens (including phenoxy) is 1. The molecule has 0 bridgehead atoms. The molecule has 4 rings (SSSR count). The fourth-order valence-electron chi connectivity index (χ4n) is 3.05. The Morgan fingerprint density at radius 2 is 1.92 bits per heavy atom. The van der Waals surface area contributed by atoms with E-state index in [1.807, 2.05) is 41.3 Å². The zero-order valence-electron chi connectivity index (χ0n) is 13.4. The maximum atomic E-state index is 13.0. The number of nitrogens with zero attached hydrogens (tertiary/aromatic N) is 3. The number of morpholine rings is 1. The third kappa shape index (κ3) is 3.21. The lowest BCUT2D eigenvalue weighted by molar-refractivity contribution is -0.0227. The van der Waals surface area contributed by atoms with Gasteiger partial charge in [0.25, 0.3) is 5.91 Å². The number of fused-ring (bicyclic) bond motifs is 1. The molecular weight excluding hydrogens is 338 g/mol. The first-order valence-electron chi connectivity index (χ1n) is 8.08. The number of hydrogen-bond acceptors (Lipinski definition) is 4. The van der Waals surface area contributed by atoms with Crippen molar-refractivity contribution in [3.05, 3.63) is 71.0 Å². The van der Waals surface area contributed by atoms with Crippen molar-refractivity contribution in [3.63, 3.8) is 0 Å². The first-order valence-corrected chi connectivity index (χ1v) is 8.46. The summed E-state index contributed by atoms with van der Waals surface area (Å²) in [6, 6.07) is 13.0. The summed E-state index contributed by atoms with van der Waals surface area (Å²) in [5, 5.41) is 0.682. The van der Waals surface area contributed by atoms with E-state index in [4.69, 9.17) is 16.3 Å². The standard InChI is InChI=1S/C19H16ClN3O2/c20-14-6-4-13(5-7-14)17-12-23(10-11-25-17)19(24)15-2-1-3-16-18(15)22-9-8-21-16/h1-9,17H,10-12H2/t17-/m0/s1. The second-order valence-corrected chi connectivity index (χ2v) is 6.33. The average molecular weight is 354 g/mol. The predicted octanol–water partition coefficient (Wildman–Crippen LogP) is 3.50. The SMILES string of the molecule is O=C(c1cccc2nccnc12)N1CCO[C@H](c2ccc(Cl)cc2)C1. The minimum atomic E-state index is -0.156. The van der Waals surface area contributed by atoms with E-state index in [1.54, 1.807) is 18.5 Å². The molecule has 126 valence electrons. The number of hydrogen-bond donors (Lipinski definition) is 0. The van der Waals surface area contributed by atoms with Crippen LogP contribution in [0.15, 0.2) is 54.9 Å². The van der Waals surface area contributed by atoms with Crippen molar-refractivity contribution >= 4 is 28.5 Å². The number of amides is 1. The van der Waals surface area contributed by atoms with E-state index in [0.717, 1.165) is 11.1 Å². The van der Waals surface area contributed by atoms with Gasteiger partial charge in [0, 0.05) is 24.0 Å². The van der Waals surface area contributed by atoms with E-state index >= 15 is 0 Å². The van der Waals surface area contributed by atoms with Crippen LogP contribution in [0, 0.1) is 0 Å². The number of aromatic nitrogens is 2. The van der Waals surface area contributed by atoms with Crippen LogP contribution in [0.1, 0.15) is 22.0 Å². The van der Waals surface area contributed by atoms with E-state index in [-0.39, 0.29) is 12.0 Å². The highest BCUT2D eigenvalue weighted by atomic mass is 35.5. The molecule has 0 radical (unpaired) electrons. The van der Waals surface area contributed by atoms with Gasteiger partial charge in [-0.25, -0.2) is 0 Å². The fourth-order valence-corrected chi connectivity index (χ4v) is 3.17. The van der Waals surface area contributed by atoms with Gasteiger partial charge in [-0.2, -0.15) is 0 Å². The highest BCUT2D eigenvalue weighted by Gasteiger charge is 2.27. The van der Waals surface area contributed by atoms with Gasteiger partial charge in [0.15, 0.2) is 0 Å². The maximum absolute atomic E-state index is 13.0. The van der Waals surface area contributed by atoms with Crippen LogP contribution in [0.3, 0.4) is 0 Å². The van der Waals surface area contributed by atoms with E-state index in [9.17, 15) is 4.79 Å². The van der Waals surface area contributed by atoms with Crippen molar-refractivity contribution in [2.75, 3.05) is 19.7 Å². The maximum Gasteiger partial charge on any atom is 0.256 e. The van der Waals surface area contributed by atoms with Crippen molar-refractivity contribution in [1.82, 2.24) is 14.9 Å². The highest BCUT2D eigenvalue weighted by Crippen LogP contribution is 2.25. The van der Waals surface area contributed by atoms with Crippen LogP contribution in [0.25, 0.3) is 11.0 Å². The Hall–Kier alpha value is -2.50. The zero-order valence-corrected chi connectivity index (χ0v) is 14.2. The Morgan fingerprint density at radius 1 is 1.12 bits per heavy atom. The number of carbonyl (C=O) groups is 1. The monoisotopic (exact) mass is 353 g/mol. The molecule has 0 spiro atoms. The molecule has 2 aromatic carbocycles. The smallest absolute Gasteiger partial charge is 0.256 e. The molecule has 0 N–H and O–H groups in total. The van der Waals surface area contributed by atoms with E-state index in [0.29, 0.717) is 35.8 Å².